The lowest BCUT2D eigenvalue weighted by atomic mass is 10.0. The summed E-state index contributed by atoms with van der Waals surface area (Å²) in [5, 5.41) is 23.3. The van der Waals surface area contributed by atoms with Gasteiger partial charge in [-0.05, 0) is 25.3 Å². The summed E-state index contributed by atoms with van der Waals surface area (Å²) in [5.74, 6) is -1.83. The molecule has 0 spiro atoms. The SMILES string of the molecule is CC(NC(=O)/C(C#N)=C\NC1CCN(Cc2ccccc2)CC1)C(=O)O. The van der Waals surface area contributed by atoms with E-state index in [0.29, 0.717) is 0 Å². The summed E-state index contributed by atoms with van der Waals surface area (Å²) in [6, 6.07) is 11.3. The van der Waals surface area contributed by atoms with Gasteiger partial charge in [0.2, 0.25) is 0 Å². The van der Waals surface area contributed by atoms with Crippen molar-refractivity contribution in [2.45, 2.75) is 38.4 Å². The molecular weight excluding hydrogens is 332 g/mol. The van der Waals surface area contributed by atoms with Crippen molar-refractivity contribution in [3.8, 4) is 6.07 Å². The minimum absolute atomic E-state index is 0.121. The maximum Gasteiger partial charge on any atom is 0.325 e. The van der Waals surface area contributed by atoms with Crippen LogP contribution >= 0.6 is 0 Å². The summed E-state index contributed by atoms with van der Waals surface area (Å²) in [6.45, 7) is 4.14. The lowest BCUT2D eigenvalue weighted by Crippen LogP contribution is -2.41. The first-order valence-electron chi connectivity index (χ1n) is 8.66. The van der Waals surface area contributed by atoms with Gasteiger partial charge in [-0.15, -0.1) is 0 Å². The first kappa shape index (κ1) is 19.5. The van der Waals surface area contributed by atoms with Crippen molar-refractivity contribution in [2.75, 3.05) is 13.1 Å². The molecule has 1 aromatic carbocycles. The van der Waals surface area contributed by atoms with Gasteiger partial charge in [-0.2, -0.15) is 5.26 Å². The molecule has 0 radical (unpaired) electrons. The van der Waals surface area contributed by atoms with Crippen LogP contribution in [0.15, 0.2) is 42.1 Å². The highest BCUT2D eigenvalue weighted by Crippen LogP contribution is 2.14. The van der Waals surface area contributed by atoms with Crippen molar-refractivity contribution < 1.29 is 14.7 Å². The standard InChI is InChI=1S/C19H24N4O3/c1-14(19(25)26)22-18(24)16(11-20)12-21-17-7-9-23(10-8-17)13-15-5-3-2-4-6-15/h2-6,12,14,17,21H,7-10,13H2,1H3,(H,22,24)(H,25,26)/b16-12-. The Labute approximate surface area is 153 Å². The van der Waals surface area contributed by atoms with Gasteiger partial charge in [-0.1, -0.05) is 30.3 Å². The minimum atomic E-state index is -1.14. The summed E-state index contributed by atoms with van der Waals surface area (Å²) in [7, 11) is 0. The van der Waals surface area contributed by atoms with Gasteiger partial charge < -0.3 is 15.7 Å². The molecule has 1 atom stereocenters. The van der Waals surface area contributed by atoms with E-state index in [0.717, 1.165) is 32.5 Å². The van der Waals surface area contributed by atoms with Crippen LogP contribution in [0.3, 0.4) is 0 Å². The van der Waals surface area contributed by atoms with Crippen molar-refractivity contribution in [1.29, 1.82) is 5.26 Å². The quantitative estimate of drug-likeness (QED) is 0.501. The van der Waals surface area contributed by atoms with Crippen LogP contribution in [-0.4, -0.2) is 47.1 Å². The summed E-state index contributed by atoms with van der Waals surface area (Å²) in [5.41, 5.74) is 1.17. The van der Waals surface area contributed by atoms with E-state index < -0.39 is 17.9 Å². The molecular formula is C19H24N4O3. The molecule has 3 N–H and O–H groups in total. The number of rotatable bonds is 7. The zero-order valence-corrected chi connectivity index (χ0v) is 14.8. The van der Waals surface area contributed by atoms with Gasteiger partial charge in [-0.25, -0.2) is 0 Å². The second-order valence-electron chi connectivity index (χ2n) is 6.41. The number of carboxylic acids is 1. The zero-order chi connectivity index (χ0) is 18.9. The fraction of sp³-hybridized carbons (Fsp3) is 0.421. The first-order chi connectivity index (χ1) is 12.5. The Bertz CT molecular complexity index is 688. The lowest BCUT2D eigenvalue weighted by Gasteiger charge is -2.32. The third-order valence-electron chi connectivity index (χ3n) is 4.38. The van der Waals surface area contributed by atoms with Gasteiger partial charge in [-0.3, -0.25) is 14.5 Å². The van der Waals surface area contributed by atoms with Crippen LogP contribution in [0, 0.1) is 11.3 Å². The molecule has 0 aromatic heterocycles. The number of hydrogen-bond donors (Lipinski definition) is 3. The largest absolute Gasteiger partial charge is 0.480 e. The topological polar surface area (TPSA) is 105 Å². The molecule has 1 aliphatic rings. The number of aliphatic carboxylic acids is 1. The molecule has 1 unspecified atom stereocenters. The van der Waals surface area contributed by atoms with E-state index in [-0.39, 0.29) is 11.6 Å². The zero-order valence-electron chi connectivity index (χ0n) is 14.8. The normalized spacial score (nSPS) is 17.2. The van der Waals surface area contributed by atoms with Gasteiger partial charge in [0.25, 0.3) is 5.91 Å². The molecule has 0 bridgehead atoms. The third kappa shape index (κ3) is 5.90. The van der Waals surface area contributed by atoms with E-state index in [4.69, 9.17) is 10.4 Å². The summed E-state index contributed by atoms with van der Waals surface area (Å²) in [6.07, 6.45) is 3.21. The molecule has 0 aliphatic carbocycles. The Morgan fingerprint density at radius 3 is 2.58 bits per heavy atom. The number of amides is 1. The summed E-state index contributed by atoms with van der Waals surface area (Å²) >= 11 is 0. The van der Waals surface area contributed by atoms with Gasteiger partial charge in [0.15, 0.2) is 0 Å². The maximum absolute atomic E-state index is 11.9. The Morgan fingerprint density at radius 1 is 1.35 bits per heavy atom. The van der Waals surface area contributed by atoms with E-state index in [1.807, 2.05) is 24.3 Å². The predicted molar refractivity (Wildman–Crippen MR) is 96.8 cm³/mol. The number of hydrogen-bond acceptors (Lipinski definition) is 5. The Kier molecular flexibility index (Phi) is 7.18. The van der Waals surface area contributed by atoms with E-state index in [1.165, 1.54) is 18.7 Å². The molecule has 1 amide bonds. The van der Waals surface area contributed by atoms with Gasteiger partial charge in [0, 0.05) is 31.9 Å². The molecule has 1 aliphatic heterocycles. The molecule has 7 nitrogen and oxygen atoms in total. The third-order valence-corrected chi connectivity index (χ3v) is 4.38. The van der Waals surface area contributed by atoms with Crippen molar-refractivity contribution >= 4 is 11.9 Å². The smallest absolute Gasteiger partial charge is 0.325 e. The highest BCUT2D eigenvalue weighted by atomic mass is 16.4. The molecule has 0 saturated carbocycles. The molecule has 138 valence electrons. The number of nitriles is 1. The summed E-state index contributed by atoms with van der Waals surface area (Å²) < 4.78 is 0. The van der Waals surface area contributed by atoms with Crippen molar-refractivity contribution in [3.05, 3.63) is 47.7 Å². The minimum Gasteiger partial charge on any atom is -0.480 e. The van der Waals surface area contributed by atoms with Crippen LogP contribution in [0.25, 0.3) is 0 Å². The number of carbonyl (C=O) groups excluding carboxylic acids is 1. The van der Waals surface area contributed by atoms with Crippen molar-refractivity contribution in [1.82, 2.24) is 15.5 Å². The summed E-state index contributed by atoms with van der Waals surface area (Å²) in [4.78, 5) is 25.1. The molecule has 1 fully saturated rings. The fourth-order valence-corrected chi connectivity index (χ4v) is 2.79. The molecule has 1 saturated heterocycles. The van der Waals surface area contributed by atoms with Crippen LogP contribution in [0.2, 0.25) is 0 Å². The van der Waals surface area contributed by atoms with Crippen LogP contribution in [-0.2, 0) is 16.1 Å². The number of nitrogens with one attached hydrogen (secondary N) is 2. The van der Waals surface area contributed by atoms with Crippen LogP contribution in [0.5, 0.6) is 0 Å². The molecule has 26 heavy (non-hydrogen) atoms. The Hall–Kier alpha value is -2.85. The number of carboxylic acid groups (broad SMARTS) is 1. The first-order valence-corrected chi connectivity index (χ1v) is 8.66. The number of carbonyl (C=O) groups is 2. The molecule has 1 heterocycles. The average molecular weight is 356 g/mol. The highest BCUT2D eigenvalue weighted by molar-refractivity contribution is 5.99. The van der Waals surface area contributed by atoms with Crippen molar-refractivity contribution in [3.63, 3.8) is 0 Å². The van der Waals surface area contributed by atoms with Gasteiger partial charge in [0.05, 0.1) is 0 Å². The van der Waals surface area contributed by atoms with Crippen LogP contribution in [0.1, 0.15) is 25.3 Å². The van der Waals surface area contributed by atoms with Gasteiger partial charge >= 0.3 is 5.97 Å². The maximum atomic E-state index is 11.9. The highest BCUT2D eigenvalue weighted by Gasteiger charge is 2.20. The Balaban J connectivity index is 1.80. The van der Waals surface area contributed by atoms with Crippen LogP contribution in [0.4, 0.5) is 0 Å². The average Bonchev–Trinajstić information content (AvgIpc) is 2.64. The molecule has 2 rings (SSSR count). The molecule has 1 aromatic rings. The number of likely N-dealkylation sites (tertiary alicyclic amines) is 1. The lowest BCUT2D eigenvalue weighted by molar-refractivity contribution is -0.140. The monoisotopic (exact) mass is 356 g/mol. The van der Waals surface area contributed by atoms with Gasteiger partial charge in [0.1, 0.15) is 17.7 Å². The number of nitrogens with zero attached hydrogens (tertiary/aromatic N) is 2. The van der Waals surface area contributed by atoms with E-state index in [1.54, 1.807) is 0 Å². The fourth-order valence-electron chi connectivity index (χ4n) is 2.79. The van der Waals surface area contributed by atoms with E-state index >= 15 is 0 Å². The number of benzene rings is 1. The second kappa shape index (κ2) is 9.59. The van der Waals surface area contributed by atoms with E-state index in [2.05, 4.69) is 27.7 Å². The Morgan fingerprint density at radius 2 is 2.00 bits per heavy atom. The van der Waals surface area contributed by atoms with Crippen LogP contribution < -0.4 is 10.6 Å². The second-order valence-corrected chi connectivity index (χ2v) is 6.41. The predicted octanol–water partition coefficient (Wildman–Crippen LogP) is 1.24. The molecule has 7 heteroatoms. The van der Waals surface area contributed by atoms with Crippen molar-refractivity contribution in [2.24, 2.45) is 0 Å². The van der Waals surface area contributed by atoms with E-state index in [9.17, 15) is 9.59 Å². The number of piperidine rings is 1.